The molecule has 4 heteroatoms. The molecular weight excluding hydrogens is 267 g/mol. The lowest BCUT2D eigenvalue weighted by Crippen LogP contribution is -1.96. The Labute approximate surface area is 84.3 Å². The molecule has 0 atom stereocenters. The van der Waals surface area contributed by atoms with E-state index >= 15 is 0 Å². The van der Waals surface area contributed by atoms with Crippen molar-refractivity contribution in [2.75, 3.05) is 12.8 Å². The zero-order chi connectivity index (χ0) is 9.14. The lowest BCUT2D eigenvalue weighted by atomic mass is 10.2. The van der Waals surface area contributed by atoms with Gasteiger partial charge in [0.2, 0.25) is 0 Å². The van der Waals surface area contributed by atoms with E-state index in [4.69, 9.17) is 15.7 Å². The molecule has 0 saturated heterocycles. The highest BCUT2D eigenvalue weighted by Gasteiger charge is 2.06. The predicted molar refractivity (Wildman–Crippen MR) is 54.8 cm³/mol. The van der Waals surface area contributed by atoms with Crippen molar-refractivity contribution < 1.29 is 4.74 Å². The number of halogens is 1. The molecule has 1 aromatic rings. The Hall–Kier alpha value is -0.960. The summed E-state index contributed by atoms with van der Waals surface area (Å²) in [6.07, 6.45) is 0. The summed E-state index contributed by atoms with van der Waals surface area (Å²) in [6, 6.07) is 5.51. The van der Waals surface area contributed by atoms with Crippen molar-refractivity contribution in [3.63, 3.8) is 0 Å². The van der Waals surface area contributed by atoms with Crippen LogP contribution in [0.4, 0.5) is 5.69 Å². The van der Waals surface area contributed by atoms with Crippen LogP contribution in [0.5, 0.6) is 5.75 Å². The van der Waals surface area contributed by atoms with Gasteiger partial charge in [0.05, 0.1) is 18.4 Å². The van der Waals surface area contributed by atoms with E-state index in [1.807, 2.05) is 6.07 Å². The highest BCUT2D eigenvalue weighted by atomic mass is 127. The minimum atomic E-state index is 0.403. The minimum absolute atomic E-state index is 0.403. The maximum Gasteiger partial charge on any atom is 0.144 e. The van der Waals surface area contributed by atoms with Gasteiger partial charge in [-0.25, -0.2) is 0 Å². The van der Waals surface area contributed by atoms with Crippen molar-refractivity contribution in [2.24, 2.45) is 0 Å². The second kappa shape index (κ2) is 3.63. The molecule has 62 valence electrons. The van der Waals surface area contributed by atoms with Crippen LogP contribution in [0.2, 0.25) is 0 Å². The molecule has 2 N–H and O–H groups in total. The Bertz CT molecular complexity index is 344. The predicted octanol–water partition coefficient (Wildman–Crippen LogP) is 1.75. The Morgan fingerprint density at radius 3 is 2.75 bits per heavy atom. The third kappa shape index (κ3) is 1.61. The first-order valence-corrected chi connectivity index (χ1v) is 4.30. The van der Waals surface area contributed by atoms with Crippen LogP contribution in [-0.4, -0.2) is 7.11 Å². The number of rotatable bonds is 1. The number of anilines is 1. The molecule has 0 saturated carbocycles. The molecule has 0 heterocycles. The van der Waals surface area contributed by atoms with Gasteiger partial charge in [-0.15, -0.1) is 0 Å². The van der Waals surface area contributed by atoms with Crippen molar-refractivity contribution in [2.45, 2.75) is 0 Å². The molecule has 0 radical (unpaired) electrons. The van der Waals surface area contributed by atoms with E-state index in [-0.39, 0.29) is 0 Å². The number of hydrogen-bond acceptors (Lipinski definition) is 3. The highest BCUT2D eigenvalue weighted by molar-refractivity contribution is 14.1. The Morgan fingerprint density at radius 2 is 2.25 bits per heavy atom. The number of nitrogen functional groups attached to an aromatic ring is 1. The van der Waals surface area contributed by atoms with Gasteiger partial charge in [0.15, 0.2) is 0 Å². The van der Waals surface area contributed by atoms with Crippen LogP contribution < -0.4 is 10.5 Å². The monoisotopic (exact) mass is 274 g/mol. The van der Waals surface area contributed by atoms with E-state index in [9.17, 15) is 0 Å². The van der Waals surface area contributed by atoms with Crippen molar-refractivity contribution in [3.05, 3.63) is 21.3 Å². The third-order valence-corrected chi connectivity index (χ3v) is 2.07. The molecule has 0 amide bonds. The lowest BCUT2D eigenvalue weighted by molar-refractivity contribution is 0.416. The van der Waals surface area contributed by atoms with Crippen molar-refractivity contribution in [1.29, 1.82) is 5.26 Å². The molecule has 0 aromatic heterocycles. The maximum absolute atomic E-state index is 8.67. The van der Waals surface area contributed by atoms with E-state index in [1.165, 1.54) is 7.11 Å². The number of nitriles is 1. The fourth-order valence-electron chi connectivity index (χ4n) is 0.854. The molecular formula is C8H7IN2O. The first-order valence-electron chi connectivity index (χ1n) is 3.22. The van der Waals surface area contributed by atoms with Gasteiger partial charge in [-0.3, -0.25) is 0 Å². The fraction of sp³-hybridized carbons (Fsp3) is 0.125. The molecule has 1 aromatic carbocycles. The zero-order valence-corrected chi connectivity index (χ0v) is 8.62. The Balaban J connectivity index is 3.34. The number of methoxy groups -OCH3 is 1. The largest absolute Gasteiger partial charge is 0.495 e. The first kappa shape index (κ1) is 9.13. The number of ether oxygens (including phenoxy) is 1. The third-order valence-electron chi connectivity index (χ3n) is 1.45. The van der Waals surface area contributed by atoms with E-state index in [0.29, 0.717) is 17.0 Å². The molecule has 0 bridgehead atoms. The summed E-state index contributed by atoms with van der Waals surface area (Å²) in [7, 11) is 1.53. The first-order chi connectivity index (χ1) is 5.69. The summed E-state index contributed by atoms with van der Waals surface area (Å²) in [5.74, 6) is 0.554. The summed E-state index contributed by atoms with van der Waals surface area (Å²) in [5.41, 5.74) is 6.48. The van der Waals surface area contributed by atoms with Crippen molar-refractivity contribution in [3.8, 4) is 11.8 Å². The second-order valence-corrected chi connectivity index (χ2v) is 3.43. The molecule has 0 aliphatic carbocycles. The average Bonchev–Trinajstić information content (AvgIpc) is 2.08. The van der Waals surface area contributed by atoms with Gasteiger partial charge >= 0.3 is 0 Å². The average molecular weight is 274 g/mol. The topological polar surface area (TPSA) is 59.0 Å². The minimum Gasteiger partial charge on any atom is -0.495 e. The maximum atomic E-state index is 8.67. The van der Waals surface area contributed by atoms with E-state index in [1.54, 1.807) is 12.1 Å². The van der Waals surface area contributed by atoms with Gasteiger partial charge < -0.3 is 10.5 Å². The van der Waals surface area contributed by atoms with Gasteiger partial charge in [-0.1, -0.05) is 0 Å². The molecule has 12 heavy (non-hydrogen) atoms. The molecule has 0 fully saturated rings. The number of nitrogens with two attached hydrogens (primary N) is 1. The molecule has 3 nitrogen and oxygen atoms in total. The number of benzene rings is 1. The normalized spacial score (nSPS) is 9.08. The molecule has 1 rings (SSSR count). The zero-order valence-electron chi connectivity index (χ0n) is 6.47. The van der Waals surface area contributed by atoms with Gasteiger partial charge in [-0.2, -0.15) is 5.26 Å². The standard InChI is InChI=1S/C8H7IN2O/c1-12-7-3-6(9)2-5(4-10)8(7)11/h2-3H,11H2,1H3. The van der Waals surface area contributed by atoms with Crippen LogP contribution in [0, 0.1) is 14.9 Å². The van der Waals surface area contributed by atoms with Gasteiger partial charge in [0.25, 0.3) is 0 Å². The highest BCUT2D eigenvalue weighted by Crippen LogP contribution is 2.27. The molecule has 0 aliphatic heterocycles. The lowest BCUT2D eigenvalue weighted by Gasteiger charge is -2.05. The summed E-state index contributed by atoms with van der Waals surface area (Å²) in [4.78, 5) is 0. The van der Waals surface area contributed by atoms with Crippen LogP contribution in [0.1, 0.15) is 5.56 Å². The molecule has 0 unspecified atom stereocenters. The smallest absolute Gasteiger partial charge is 0.144 e. The van der Waals surface area contributed by atoms with E-state index < -0.39 is 0 Å². The van der Waals surface area contributed by atoms with Gasteiger partial charge in [-0.05, 0) is 34.7 Å². The van der Waals surface area contributed by atoms with E-state index in [2.05, 4.69) is 22.6 Å². The Kier molecular flexibility index (Phi) is 2.76. The molecule has 0 spiro atoms. The van der Waals surface area contributed by atoms with E-state index in [0.717, 1.165) is 3.57 Å². The van der Waals surface area contributed by atoms with Crippen LogP contribution in [0.25, 0.3) is 0 Å². The SMILES string of the molecule is COc1cc(I)cc(C#N)c1N. The van der Waals surface area contributed by atoms with Crippen LogP contribution in [0.3, 0.4) is 0 Å². The van der Waals surface area contributed by atoms with Crippen LogP contribution >= 0.6 is 22.6 Å². The number of nitrogens with zero attached hydrogens (tertiary/aromatic N) is 1. The second-order valence-electron chi connectivity index (χ2n) is 2.18. The fourth-order valence-corrected chi connectivity index (χ4v) is 1.45. The van der Waals surface area contributed by atoms with Gasteiger partial charge in [0.1, 0.15) is 11.8 Å². The summed E-state index contributed by atoms with van der Waals surface area (Å²) >= 11 is 2.11. The summed E-state index contributed by atoms with van der Waals surface area (Å²) < 4.78 is 5.93. The van der Waals surface area contributed by atoms with Crippen molar-refractivity contribution in [1.82, 2.24) is 0 Å². The molecule has 0 aliphatic rings. The Morgan fingerprint density at radius 1 is 1.58 bits per heavy atom. The number of hydrogen-bond donors (Lipinski definition) is 1. The van der Waals surface area contributed by atoms with Crippen molar-refractivity contribution >= 4 is 28.3 Å². The quantitative estimate of drug-likeness (QED) is 0.627. The summed E-state index contributed by atoms with van der Waals surface area (Å²) in [6.45, 7) is 0. The van der Waals surface area contributed by atoms with Crippen LogP contribution in [0.15, 0.2) is 12.1 Å². The summed E-state index contributed by atoms with van der Waals surface area (Å²) in [5, 5.41) is 8.67. The van der Waals surface area contributed by atoms with Gasteiger partial charge in [0, 0.05) is 3.57 Å². The van der Waals surface area contributed by atoms with Crippen LogP contribution in [-0.2, 0) is 0 Å².